The zero-order valence-corrected chi connectivity index (χ0v) is 18.5. The van der Waals surface area contributed by atoms with Crippen LogP contribution in [0, 0.1) is 8.99 Å². The molecule has 1 unspecified atom stereocenters. The van der Waals surface area contributed by atoms with E-state index in [1.807, 2.05) is 0 Å². The van der Waals surface area contributed by atoms with Gasteiger partial charge in [-0.05, 0) is 61.1 Å². The number of carbonyl (C=O) groups excluding carboxylic acids is 2. The molecule has 0 radical (unpaired) electrons. The molecule has 0 saturated heterocycles. The first-order chi connectivity index (χ1) is 13.3. The summed E-state index contributed by atoms with van der Waals surface area (Å²) in [5.41, 5.74) is -1.69. The van der Waals surface area contributed by atoms with Gasteiger partial charge >= 0.3 is 23.4 Å². The van der Waals surface area contributed by atoms with E-state index in [-0.39, 0.29) is 9.32 Å². The van der Waals surface area contributed by atoms with Crippen molar-refractivity contribution in [2.45, 2.75) is 44.7 Å². The lowest BCUT2D eigenvalue weighted by Crippen LogP contribution is -2.52. The van der Waals surface area contributed by atoms with Gasteiger partial charge < -0.3 is 14.0 Å². The molecular formula is C16H15F5IO7S-. The molecule has 30 heavy (non-hydrogen) atoms. The molecule has 0 spiro atoms. The molecule has 0 saturated carbocycles. The third-order valence-corrected chi connectivity index (χ3v) is 5.74. The zero-order chi connectivity index (χ0) is 23.7. The minimum atomic E-state index is -6.81. The lowest BCUT2D eigenvalue weighted by Gasteiger charge is -2.29. The van der Waals surface area contributed by atoms with E-state index in [9.17, 15) is 44.5 Å². The Morgan fingerprint density at radius 3 is 2.13 bits per heavy atom. The highest BCUT2D eigenvalue weighted by atomic mass is 127. The zero-order valence-electron chi connectivity index (χ0n) is 15.6. The number of hydrogen-bond acceptors (Lipinski definition) is 7. The second-order valence-corrected chi connectivity index (χ2v) is 9.23. The molecule has 0 aliphatic rings. The van der Waals surface area contributed by atoms with Crippen molar-refractivity contribution in [1.82, 2.24) is 0 Å². The van der Waals surface area contributed by atoms with Crippen LogP contribution in [0.15, 0.2) is 18.2 Å². The van der Waals surface area contributed by atoms with Crippen LogP contribution in [0.3, 0.4) is 0 Å². The maximum Gasteiger partial charge on any atom is 0.432 e. The molecule has 1 rings (SSSR count). The topological polar surface area (TPSA) is 110 Å². The van der Waals surface area contributed by atoms with Crippen LogP contribution in [0.2, 0.25) is 0 Å². The van der Waals surface area contributed by atoms with E-state index in [4.69, 9.17) is 4.74 Å². The summed E-state index contributed by atoms with van der Waals surface area (Å²) in [5.74, 6) is -3.00. The Bertz CT molecular complexity index is 928. The number of halogens is 6. The Morgan fingerprint density at radius 1 is 1.17 bits per heavy atom. The predicted octanol–water partition coefficient (Wildman–Crippen LogP) is 3.86. The summed E-state index contributed by atoms with van der Waals surface area (Å²) in [7, 11) is -6.81. The number of ether oxygens (including phenoxy) is 2. The van der Waals surface area contributed by atoms with E-state index < -0.39 is 50.6 Å². The smallest absolute Gasteiger partial charge is 0.432 e. The van der Waals surface area contributed by atoms with Crippen molar-refractivity contribution in [3.05, 3.63) is 27.3 Å². The molecule has 0 heterocycles. The maximum atomic E-state index is 13.5. The molecule has 1 atom stereocenters. The normalized spacial score (nSPS) is 14.2. The Labute approximate surface area is 181 Å². The number of esters is 2. The number of benzene rings is 1. The molecule has 0 amide bonds. The van der Waals surface area contributed by atoms with Crippen LogP contribution in [-0.2, 0) is 19.6 Å². The average Bonchev–Trinajstić information content (AvgIpc) is 2.58. The lowest BCUT2D eigenvalue weighted by atomic mass is 9.91. The molecule has 0 bridgehead atoms. The van der Waals surface area contributed by atoms with E-state index in [0.717, 1.165) is 18.2 Å². The van der Waals surface area contributed by atoms with Gasteiger partial charge in [-0.15, -0.1) is 0 Å². The summed E-state index contributed by atoms with van der Waals surface area (Å²) in [6.07, 6.45) is -10.2. The largest absolute Gasteiger partial charge is 0.743 e. The molecule has 1 aromatic carbocycles. The van der Waals surface area contributed by atoms with Crippen LogP contribution < -0.4 is 4.74 Å². The van der Waals surface area contributed by atoms with Gasteiger partial charge in [0, 0.05) is 0 Å². The first-order valence-corrected chi connectivity index (χ1v) is 10.5. The van der Waals surface area contributed by atoms with Crippen molar-refractivity contribution in [3.63, 3.8) is 0 Å². The van der Waals surface area contributed by atoms with Gasteiger partial charge in [0.25, 0.3) is 6.10 Å². The molecule has 7 nitrogen and oxygen atoms in total. The first-order valence-electron chi connectivity index (χ1n) is 7.97. The van der Waals surface area contributed by atoms with Crippen molar-refractivity contribution in [2.75, 3.05) is 0 Å². The van der Waals surface area contributed by atoms with Crippen LogP contribution in [0.4, 0.5) is 22.0 Å². The van der Waals surface area contributed by atoms with E-state index in [0.29, 0.717) is 6.42 Å². The van der Waals surface area contributed by atoms with E-state index in [1.54, 1.807) is 43.4 Å². The average molecular weight is 573 g/mol. The summed E-state index contributed by atoms with van der Waals surface area (Å²) in [6.45, 7) is 4.81. The van der Waals surface area contributed by atoms with Gasteiger partial charge in [0.1, 0.15) is 5.75 Å². The standard InChI is InChI=1S/C16H16F5IO7S/c1-4-14(2,3)13(24)28-10-7-8(5-6-9(10)22)11(23)29-12(15(17,18)19)16(20,21)30(25,26)27/h5-7,12H,4H2,1-3H3,(H,25,26,27)/p-1. The monoisotopic (exact) mass is 573 g/mol. The minimum absolute atomic E-state index is 0.254. The fourth-order valence-corrected chi connectivity index (χ4v) is 2.61. The third kappa shape index (κ3) is 6.00. The summed E-state index contributed by atoms with van der Waals surface area (Å²) < 4.78 is 106. The Kier molecular flexibility index (Phi) is 7.86. The van der Waals surface area contributed by atoms with E-state index in [2.05, 4.69) is 4.74 Å². The van der Waals surface area contributed by atoms with Crippen LogP contribution in [-0.4, -0.2) is 42.4 Å². The van der Waals surface area contributed by atoms with Crippen molar-refractivity contribution in [1.29, 1.82) is 0 Å². The van der Waals surface area contributed by atoms with Crippen molar-refractivity contribution in [3.8, 4) is 5.75 Å². The Hall–Kier alpha value is -1.55. The van der Waals surface area contributed by atoms with Crippen molar-refractivity contribution < 1.29 is 54.0 Å². The lowest BCUT2D eigenvalue weighted by molar-refractivity contribution is -0.248. The van der Waals surface area contributed by atoms with Crippen LogP contribution >= 0.6 is 22.6 Å². The highest BCUT2D eigenvalue weighted by Gasteiger charge is 2.63. The Morgan fingerprint density at radius 2 is 1.70 bits per heavy atom. The van der Waals surface area contributed by atoms with Crippen molar-refractivity contribution >= 4 is 44.6 Å². The van der Waals surface area contributed by atoms with Crippen molar-refractivity contribution in [2.24, 2.45) is 5.41 Å². The molecule has 0 fully saturated rings. The number of alkyl halides is 5. The summed E-state index contributed by atoms with van der Waals surface area (Å²) >= 11 is 1.69. The van der Waals surface area contributed by atoms with Gasteiger partial charge in [-0.1, -0.05) is 6.92 Å². The fourth-order valence-electron chi connectivity index (χ4n) is 1.72. The molecule has 0 N–H and O–H groups in total. The van der Waals surface area contributed by atoms with Gasteiger partial charge in [-0.25, -0.2) is 13.2 Å². The third-order valence-electron chi connectivity index (χ3n) is 3.97. The van der Waals surface area contributed by atoms with Crippen LogP contribution in [0.5, 0.6) is 5.75 Å². The second-order valence-electron chi connectivity index (χ2n) is 6.62. The number of carbonyl (C=O) groups is 2. The van der Waals surface area contributed by atoms with Gasteiger partial charge in [-0.2, -0.15) is 22.0 Å². The highest BCUT2D eigenvalue weighted by Crippen LogP contribution is 2.38. The summed E-state index contributed by atoms with van der Waals surface area (Å²) in [5, 5.41) is -5.97. The summed E-state index contributed by atoms with van der Waals surface area (Å²) in [6, 6.07) is 2.78. The molecule has 170 valence electrons. The maximum absolute atomic E-state index is 13.5. The molecule has 0 aromatic heterocycles. The molecule has 14 heteroatoms. The minimum Gasteiger partial charge on any atom is -0.743 e. The van der Waals surface area contributed by atoms with Crippen LogP contribution in [0.25, 0.3) is 0 Å². The number of rotatable bonds is 7. The summed E-state index contributed by atoms with van der Waals surface area (Å²) in [4.78, 5) is 24.1. The fraction of sp³-hybridized carbons (Fsp3) is 0.500. The number of hydrogen-bond donors (Lipinski definition) is 0. The molecule has 1 aromatic rings. The van der Waals surface area contributed by atoms with Gasteiger partial charge in [0.2, 0.25) is 0 Å². The highest BCUT2D eigenvalue weighted by molar-refractivity contribution is 14.1. The Balaban J connectivity index is 3.27. The van der Waals surface area contributed by atoms with E-state index >= 15 is 0 Å². The van der Waals surface area contributed by atoms with E-state index in [1.165, 1.54) is 0 Å². The predicted molar refractivity (Wildman–Crippen MR) is 98.8 cm³/mol. The van der Waals surface area contributed by atoms with Gasteiger partial charge in [-0.3, -0.25) is 4.79 Å². The SMILES string of the molecule is CCC(C)(C)C(=O)Oc1cc(C(=O)OC(C(F)(F)F)C(F)(F)S(=O)(=O)[O-])ccc1I. The molecular weight excluding hydrogens is 558 g/mol. The second kappa shape index (κ2) is 8.90. The van der Waals surface area contributed by atoms with Crippen LogP contribution in [0.1, 0.15) is 37.6 Å². The quantitative estimate of drug-likeness (QED) is 0.160. The van der Waals surface area contributed by atoms with Gasteiger partial charge in [0.15, 0.2) is 10.1 Å². The molecule has 0 aliphatic carbocycles. The molecule has 0 aliphatic heterocycles. The first kappa shape index (κ1) is 26.5. The van der Waals surface area contributed by atoms with Gasteiger partial charge in [0.05, 0.1) is 14.5 Å².